The smallest absolute Gasteiger partial charge is 0.252 e. The van der Waals surface area contributed by atoms with E-state index in [-0.39, 0.29) is 11.9 Å². The fourth-order valence-corrected chi connectivity index (χ4v) is 2.82. The fourth-order valence-electron chi connectivity index (χ4n) is 1.90. The summed E-state index contributed by atoms with van der Waals surface area (Å²) >= 11 is 2.20. The molecular weight excluding hydrogens is 349 g/mol. The standard InChI is InChI=1S/C16H16INO/c1-11-8-9-14(15(17)10-11)16(19)18-12(2)13-6-4-3-5-7-13/h3-10,12H,1-2H3,(H,18,19)/t12-/m1/s1. The summed E-state index contributed by atoms with van der Waals surface area (Å²) in [6, 6.07) is 15.8. The van der Waals surface area contributed by atoms with Gasteiger partial charge in [-0.2, -0.15) is 0 Å². The molecule has 0 unspecified atom stereocenters. The maximum absolute atomic E-state index is 12.2. The van der Waals surface area contributed by atoms with Gasteiger partial charge >= 0.3 is 0 Å². The van der Waals surface area contributed by atoms with Gasteiger partial charge in [-0.25, -0.2) is 0 Å². The highest BCUT2D eigenvalue weighted by atomic mass is 127. The van der Waals surface area contributed by atoms with E-state index in [4.69, 9.17) is 0 Å². The first-order chi connectivity index (χ1) is 9.08. The van der Waals surface area contributed by atoms with E-state index in [2.05, 4.69) is 27.9 Å². The van der Waals surface area contributed by atoms with Crippen LogP contribution >= 0.6 is 22.6 Å². The van der Waals surface area contributed by atoms with E-state index in [1.165, 1.54) is 0 Å². The summed E-state index contributed by atoms with van der Waals surface area (Å²) in [5.74, 6) is -0.0271. The van der Waals surface area contributed by atoms with Crippen LogP contribution < -0.4 is 5.32 Å². The van der Waals surface area contributed by atoms with Crippen LogP contribution in [0.2, 0.25) is 0 Å². The highest BCUT2D eigenvalue weighted by molar-refractivity contribution is 14.1. The number of hydrogen-bond acceptors (Lipinski definition) is 1. The molecule has 98 valence electrons. The van der Waals surface area contributed by atoms with Crippen molar-refractivity contribution in [1.82, 2.24) is 5.32 Å². The molecule has 0 aromatic heterocycles. The van der Waals surface area contributed by atoms with Crippen LogP contribution in [-0.4, -0.2) is 5.91 Å². The van der Waals surface area contributed by atoms with Gasteiger partial charge in [0.1, 0.15) is 0 Å². The Bertz CT molecular complexity index is 581. The van der Waals surface area contributed by atoms with Crippen LogP contribution in [0.5, 0.6) is 0 Å². The molecule has 0 heterocycles. The normalized spacial score (nSPS) is 11.9. The molecule has 0 aliphatic rings. The molecule has 0 fully saturated rings. The number of aryl methyl sites for hydroxylation is 1. The third-order valence-corrected chi connectivity index (χ3v) is 3.91. The van der Waals surface area contributed by atoms with Gasteiger partial charge in [-0.1, -0.05) is 42.0 Å². The molecule has 0 aliphatic heterocycles. The minimum absolute atomic E-state index is 0.00537. The van der Waals surface area contributed by atoms with Gasteiger partial charge in [0, 0.05) is 3.57 Å². The van der Waals surface area contributed by atoms with Crippen LogP contribution in [0.3, 0.4) is 0 Å². The number of halogens is 1. The van der Waals surface area contributed by atoms with Crippen LogP contribution in [0.4, 0.5) is 0 Å². The molecule has 0 spiro atoms. The monoisotopic (exact) mass is 365 g/mol. The molecule has 2 aromatic carbocycles. The molecule has 0 bridgehead atoms. The number of hydrogen-bond donors (Lipinski definition) is 1. The zero-order chi connectivity index (χ0) is 13.8. The Morgan fingerprint density at radius 1 is 1.16 bits per heavy atom. The molecule has 1 N–H and O–H groups in total. The molecule has 1 amide bonds. The third-order valence-electron chi connectivity index (χ3n) is 3.02. The molecule has 2 rings (SSSR count). The summed E-state index contributed by atoms with van der Waals surface area (Å²) < 4.78 is 0.982. The van der Waals surface area contributed by atoms with E-state index < -0.39 is 0 Å². The number of benzene rings is 2. The van der Waals surface area contributed by atoms with Crippen LogP contribution in [0.25, 0.3) is 0 Å². The van der Waals surface area contributed by atoms with Crippen molar-refractivity contribution in [2.75, 3.05) is 0 Å². The largest absolute Gasteiger partial charge is 0.345 e. The summed E-state index contributed by atoms with van der Waals surface area (Å²) in [5.41, 5.74) is 3.00. The molecule has 0 aliphatic carbocycles. The molecular formula is C16H16INO. The zero-order valence-corrected chi connectivity index (χ0v) is 13.1. The maximum Gasteiger partial charge on any atom is 0.252 e. The lowest BCUT2D eigenvalue weighted by molar-refractivity contribution is 0.0939. The van der Waals surface area contributed by atoms with Gasteiger partial charge in [0.2, 0.25) is 0 Å². The van der Waals surface area contributed by atoms with Crippen LogP contribution in [-0.2, 0) is 0 Å². The van der Waals surface area contributed by atoms with Crippen molar-refractivity contribution in [2.45, 2.75) is 19.9 Å². The number of nitrogens with one attached hydrogen (secondary N) is 1. The molecule has 0 saturated carbocycles. The summed E-state index contributed by atoms with van der Waals surface area (Å²) in [6.07, 6.45) is 0. The minimum Gasteiger partial charge on any atom is -0.345 e. The van der Waals surface area contributed by atoms with Gasteiger partial charge in [0.15, 0.2) is 0 Å². The summed E-state index contributed by atoms with van der Waals surface area (Å²) in [7, 11) is 0. The Morgan fingerprint density at radius 2 is 1.84 bits per heavy atom. The second-order valence-electron chi connectivity index (χ2n) is 4.59. The van der Waals surface area contributed by atoms with E-state index >= 15 is 0 Å². The van der Waals surface area contributed by atoms with Gasteiger partial charge in [-0.15, -0.1) is 0 Å². The van der Waals surface area contributed by atoms with E-state index in [1.807, 2.05) is 62.4 Å². The van der Waals surface area contributed by atoms with Gasteiger partial charge in [-0.3, -0.25) is 4.79 Å². The molecule has 3 heteroatoms. The number of carbonyl (C=O) groups excluding carboxylic acids is 1. The Balaban J connectivity index is 2.13. The lowest BCUT2D eigenvalue weighted by atomic mass is 10.1. The second kappa shape index (κ2) is 6.19. The van der Waals surface area contributed by atoms with Gasteiger partial charge in [-0.05, 0) is 54.1 Å². The van der Waals surface area contributed by atoms with Crippen LogP contribution in [0.15, 0.2) is 48.5 Å². The van der Waals surface area contributed by atoms with Crippen molar-refractivity contribution in [2.24, 2.45) is 0 Å². The van der Waals surface area contributed by atoms with E-state index in [0.29, 0.717) is 0 Å². The highest BCUT2D eigenvalue weighted by Crippen LogP contribution is 2.17. The highest BCUT2D eigenvalue weighted by Gasteiger charge is 2.13. The number of amides is 1. The lowest BCUT2D eigenvalue weighted by Crippen LogP contribution is -2.27. The molecule has 0 radical (unpaired) electrons. The van der Waals surface area contributed by atoms with Gasteiger partial charge < -0.3 is 5.32 Å². The Morgan fingerprint density at radius 3 is 2.47 bits per heavy atom. The van der Waals surface area contributed by atoms with Crippen molar-refractivity contribution >= 4 is 28.5 Å². The predicted molar refractivity (Wildman–Crippen MR) is 86.2 cm³/mol. The van der Waals surface area contributed by atoms with E-state index in [0.717, 1.165) is 20.3 Å². The maximum atomic E-state index is 12.2. The van der Waals surface area contributed by atoms with Crippen molar-refractivity contribution < 1.29 is 4.79 Å². The summed E-state index contributed by atoms with van der Waals surface area (Å²) in [5, 5.41) is 3.03. The lowest BCUT2D eigenvalue weighted by Gasteiger charge is -2.15. The first kappa shape index (κ1) is 14.1. The Hall–Kier alpha value is -1.36. The third kappa shape index (κ3) is 3.56. The first-order valence-electron chi connectivity index (χ1n) is 6.20. The summed E-state index contributed by atoms with van der Waals surface area (Å²) in [6.45, 7) is 4.02. The first-order valence-corrected chi connectivity index (χ1v) is 7.28. The average molecular weight is 365 g/mol. The molecule has 2 nitrogen and oxygen atoms in total. The SMILES string of the molecule is Cc1ccc(C(=O)N[C@H](C)c2ccccc2)c(I)c1. The molecule has 19 heavy (non-hydrogen) atoms. The second-order valence-corrected chi connectivity index (χ2v) is 5.75. The van der Waals surface area contributed by atoms with Crippen molar-refractivity contribution in [3.63, 3.8) is 0 Å². The Labute approximate surface area is 127 Å². The van der Waals surface area contributed by atoms with Gasteiger partial charge in [0.05, 0.1) is 11.6 Å². The fraction of sp³-hybridized carbons (Fsp3) is 0.188. The van der Waals surface area contributed by atoms with Crippen molar-refractivity contribution in [3.8, 4) is 0 Å². The average Bonchev–Trinajstić information content (AvgIpc) is 2.39. The van der Waals surface area contributed by atoms with E-state index in [1.54, 1.807) is 0 Å². The van der Waals surface area contributed by atoms with E-state index in [9.17, 15) is 4.79 Å². The molecule has 1 atom stereocenters. The van der Waals surface area contributed by atoms with Crippen LogP contribution in [0, 0.1) is 10.5 Å². The van der Waals surface area contributed by atoms with Gasteiger partial charge in [0.25, 0.3) is 5.91 Å². The number of rotatable bonds is 3. The predicted octanol–water partition coefficient (Wildman–Crippen LogP) is 4.09. The number of carbonyl (C=O) groups is 1. The van der Waals surface area contributed by atoms with Crippen LogP contribution in [0.1, 0.15) is 34.5 Å². The Kier molecular flexibility index (Phi) is 4.58. The minimum atomic E-state index is -0.0271. The quantitative estimate of drug-likeness (QED) is 0.816. The van der Waals surface area contributed by atoms with Crippen molar-refractivity contribution in [3.05, 3.63) is 68.8 Å². The molecule has 2 aromatic rings. The zero-order valence-electron chi connectivity index (χ0n) is 11.0. The molecule has 0 saturated heterocycles. The topological polar surface area (TPSA) is 29.1 Å². The summed E-state index contributed by atoms with van der Waals surface area (Å²) in [4.78, 5) is 12.2. The van der Waals surface area contributed by atoms with Crippen molar-refractivity contribution in [1.29, 1.82) is 0 Å².